The Kier molecular flexibility index (Phi) is 2.97. The van der Waals surface area contributed by atoms with Crippen molar-refractivity contribution in [1.82, 2.24) is 5.32 Å². The molecule has 2 fully saturated rings. The van der Waals surface area contributed by atoms with Gasteiger partial charge in [-0.05, 0) is 42.2 Å². The zero-order valence-electron chi connectivity index (χ0n) is 11.9. The molecule has 0 aliphatic heterocycles. The van der Waals surface area contributed by atoms with Crippen LogP contribution in [0, 0.1) is 5.92 Å². The molecule has 1 aromatic rings. The summed E-state index contributed by atoms with van der Waals surface area (Å²) in [5, 5.41) is 3.73. The molecular weight excluding hydrogens is 218 g/mol. The molecule has 0 heterocycles. The van der Waals surface area contributed by atoms with Crippen molar-refractivity contribution in [3.05, 3.63) is 35.4 Å². The van der Waals surface area contributed by atoms with E-state index in [1.54, 1.807) is 5.56 Å². The van der Waals surface area contributed by atoms with Gasteiger partial charge < -0.3 is 5.32 Å². The SMILES string of the molecule is CC(C)c1ccc(C2(CNC3CC3)CC2C)cc1. The molecule has 1 nitrogen and oxygen atoms in total. The third-order valence-corrected chi connectivity index (χ3v) is 4.89. The van der Waals surface area contributed by atoms with E-state index < -0.39 is 0 Å². The molecule has 0 spiro atoms. The monoisotopic (exact) mass is 243 g/mol. The van der Waals surface area contributed by atoms with Crippen molar-refractivity contribution >= 4 is 0 Å². The molecule has 98 valence electrons. The van der Waals surface area contributed by atoms with Crippen molar-refractivity contribution in [3.63, 3.8) is 0 Å². The smallest absolute Gasteiger partial charge is 0.0107 e. The van der Waals surface area contributed by atoms with Crippen molar-refractivity contribution in [2.45, 2.75) is 57.4 Å². The standard InChI is InChI=1S/C17H25N/c1-12(2)14-4-6-15(7-5-14)17(10-13(17)3)11-18-16-8-9-16/h4-7,12-13,16,18H,8-11H2,1-3H3. The van der Waals surface area contributed by atoms with Gasteiger partial charge >= 0.3 is 0 Å². The number of rotatable bonds is 5. The Morgan fingerprint density at radius 2 is 1.83 bits per heavy atom. The van der Waals surface area contributed by atoms with Crippen molar-refractivity contribution < 1.29 is 0 Å². The Hall–Kier alpha value is -0.820. The molecule has 0 saturated heterocycles. The summed E-state index contributed by atoms with van der Waals surface area (Å²) in [6.45, 7) is 8.10. The van der Waals surface area contributed by atoms with Gasteiger partial charge in [0.1, 0.15) is 0 Å². The number of hydrogen-bond acceptors (Lipinski definition) is 1. The summed E-state index contributed by atoms with van der Waals surface area (Å²) in [4.78, 5) is 0. The molecule has 1 aromatic carbocycles. The average molecular weight is 243 g/mol. The van der Waals surface area contributed by atoms with Crippen molar-refractivity contribution in [2.24, 2.45) is 5.92 Å². The first-order valence-corrected chi connectivity index (χ1v) is 7.45. The summed E-state index contributed by atoms with van der Waals surface area (Å²) in [5.41, 5.74) is 3.45. The normalized spacial score (nSPS) is 30.8. The maximum absolute atomic E-state index is 3.73. The van der Waals surface area contributed by atoms with E-state index in [2.05, 4.69) is 50.4 Å². The van der Waals surface area contributed by atoms with Crippen LogP contribution in [0.25, 0.3) is 0 Å². The van der Waals surface area contributed by atoms with Gasteiger partial charge in [0.05, 0.1) is 0 Å². The summed E-state index contributed by atoms with van der Waals surface area (Å²) in [6.07, 6.45) is 4.13. The van der Waals surface area contributed by atoms with Crippen LogP contribution in [0.15, 0.2) is 24.3 Å². The van der Waals surface area contributed by atoms with Crippen molar-refractivity contribution in [1.29, 1.82) is 0 Å². The minimum atomic E-state index is 0.443. The second-order valence-corrected chi connectivity index (χ2v) is 6.69. The summed E-state index contributed by atoms with van der Waals surface area (Å²) >= 11 is 0. The topological polar surface area (TPSA) is 12.0 Å². The van der Waals surface area contributed by atoms with Crippen LogP contribution in [-0.4, -0.2) is 12.6 Å². The second kappa shape index (κ2) is 4.38. The van der Waals surface area contributed by atoms with Gasteiger partial charge in [-0.3, -0.25) is 0 Å². The Balaban J connectivity index is 1.74. The predicted molar refractivity (Wildman–Crippen MR) is 77.0 cm³/mol. The molecule has 1 heteroatoms. The van der Waals surface area contributed by atoms with Crippen LogP contribution in [0.5, 0.6) is 0 Å². The molecule has 0 amide bonds. The van der Waals surface area contributed by atoms with Gasteiger partial charge in [0.15, 0.2) is 0 Å². The Bertz CT molecular complexity index is 416. The van der Waals surface area contributed by atoms with Gasteiger partial charge in [-0.2, -0.15) is 0 Å². The predicted octanol–water partition coefficient (Wildman–Crippen LogP) is 3.84. The van der Waals surface area contributed by atoms with E-state index in [-0.39, 0.29) is 0 Å². The van der Waals surface area contributed by atoms with E-state index in [1.807, 2.05) is 0 Å². The fourth-order valence-electron chi connectivity index (χ4n) is 3.05. The van der Waals surface area contributed by atoms with Gasteiger partial charge in [-0.1, -0.05) is 45.0 Å². The first kappa shape index (κ1) is 12.2. The summed E-state index contributed by atoms with van der Waals surface area (Å²) < 4.78 is 0. The molecule has 3 rings (SSSR count). The van der Waals surface area contributed by atoms with Gasteiger partial charge in [-0.15, -0.1) is 0 Å². The minimum Gasteiger partial charge on any atom is -0.313 e. The number of hydrogen-bond donors (Lipinski definition) is 1. The minimum absolute atomic E-state index is 0.443. The highest BCUT2D eigenvalue weighted by atomic mass is 15.0. The van der Waals surface area contributed by atoms with Crippen LogP contribution in [0.4, 0.5) is 0 Å². The van der Waals surface area contributed by atoms with E-state index >= 15 is 0 Å². The molecule has 1 N–H and O–H groups in total. The maximum Gasteiger partial charge on any atom is 0.0107 e. The summed E-state index contributed by atoms with van der Waals surface area (Å²) in [7, 11) is 0. The molecule has 2 aliphatic rings. The molecular formula is C17H25N. The Labute approximate surface area is 111 Å². The fraction of sp³-hybridized carbons (Fsp3) is 0.647. The van der Waals surface area contributed by atoms with Crippen LogP contribution >= 0.6 is 0 Å². The highest BCUT2D eigenvalue weighted by Gasteiger charge is 2.52. The van der Waals surface area contributed by atoms with Gasteiger partial charge in [0, 0.05) is 18.0 Å². The lowest BCUT2D eigenvalue weighted by Crippen LogP contribution is -2.29. The lowest BCUT2D eigenvalue weighted by molar-refractivity contribution is 0.540. The lowest BCUT2D eigenvalue weighted by Gasteiger charge is -2.19. The third-order valence-electron chi connectivity index (χ3n) is 4.89. The zero-order valence-corrected chi connectivity index (χ0v) is 11.9. The first-order valence-electron chi connectivity index (χ1n) is 7.45. The second-order valence-electron chi connectivity index (χ2n) is 6.69. The van der Waals surface area contributed by atoms with Crippen LogP contribution in [-0.2, 0) is 5.41 Å². The van der Waals surface area contributed by atoms with E-state index in [4.69, 9.17) is 0 Å². The van der Waals surface area contributed by atoms with Crippen LogP contribution in [0.1, 0.15) is 57.1 Å². The van der Waals surface area contributed by atoms with Crippen molar-refractivity contribution in [2.75, 3.05) is 6.54 Å². The first-order chi connectivity index (χ1) is 8.62. The Morgan fingerprint density at radius 3 is 2.28 bits per heavy atom. The van der Waals surface area contributed by atoms with Crippen LogP contribution in [0.3, 0.4) is 0 Å². The number of benzene rings is 1. The molecule has 0 radical (unpaired) electrons. The van der Waals surface area contributed by atoms with E-state index in [1.165, 1.54) is 31.4 Å². The van der Waals surface area contributed by atoms with E-state index in [0.29, 0.717) is 11.3 Å². The molecule has 2 atom stereocenters. The van der Waals surface area contributed by atoms with Crippen molar-refractivity contribution in [3.8, 4) is 0 Å². The quantitative estimate of drug-likeness (QED) is 0.828. The third kappa shape index (κ3) is 2.21. The number of nitrogens with one attached hydrogen (secondary N) is 1. The van der Waals surface area contributed by atoms with Gasteiger partial charge in [-0.25, -0.2) is 0 Å². The lowest BCUT2D eigenvalue weighted by atomic mass is 9.91. The summed E-state index contributed by atoms with van der Waals surface area (Å²) in [5.74, 6) is 1.48. The average Bonchev–Trinajstić information content (AvgIpc) is 3.25. The molecule has 0 aromatic heterocycles. The van der Waals surface area contributed by atoms with Crippen LogP contribution < -0.4 is 5.32 Å². The van der Waals surface area contributed by atoms with Gasteiger partial charge in [0.25, 0.3) is 0 Å². The fourth-order valence-corrected chi connectivity index (χ4v) is 3.05. The Morgan fingerprint density at radius 1 is 1.22 bits per heavy atom. The van der Waals surface area contributed by atoms with E-state index in [0.717, 1.165) is 12.0 Å². The molecule has 18 heavy (non-hydrogen) atoms. The highest BCUT2D eigenvalue weighted by molar-refractivity contribution is 5.36. The molecule has 2 saturated carbocycles. The molecule has 2 unspecified atom stereocenters. The largest absolute Gasteiger partial charge is 0.313 e. The molecule has 2 aliphatic carbocycles. The van der Waals surface area contributed by atoms with Gasteiger partial charge in [0.2, 0.25) is 0 Å². The van der Waals surface area contributed by atoms with E-state index in [9.17, 15) is 0 Å². The highest BCUT2D eigenvalue weighted by Crippen LogP contribution is 2.53. The summed E-state index contributed by atoms with van der Waals surface area (Å²) in [6, 6.07) is 10.2. The van der Waals surface area contributed by atoms with Crippen LogP contribution in [0.2, 0.25) is 0 Å². The molecule has 0 bridgehead atoms. The maximum atomic E-state index is 3.73. The zero-order chi connectivity index (χ0) is 12.8.